The second-order valence-corrected chi connectivity index (χ2v) is 3.49. The Hall–Kier alpha value is -1.35. The summed E-state index contributed by atoms with van der Waals surface area (Å²) in [6.45, 7) is 1.60. The predicted molar refractivity (Wildman–Crippen MR) is 54.9 cm³/mol. The third-order valence-corrected chi connectivity index (χ3v) is 2.41. The Morgan fingerprint density at radius 2 is 2.00 bits per heavy atom. The topological polar surface area (TPSA) is 41.1 Å². The maximum absolute atomic E-state index is 11.4. The standard InChI is InChI=1S/C11H14N2O/c14-11-10(12-6-7-13-11)8-9-4-2-1-3-5-9/h1-5,10,12H,6-8H2,(H,13,14)/t10-/m1/s1. The second-order valence-electron chi connectivity index (χ2n) is 3.49. The summed E-state index contributed by atoms with van der Waals surface area (Å²) in [6.07, 6.45) is 0.771. The average Bonchev–Trinajstić information content (AvgIpc) is 2.23. The number of piperazine rings is 1. The smallest absolute Gasteiger partial charge is 0.237 e. The van der Waals surface area contributed by atoms with Crippen LogP contribution in [0.25, 0.3) is 0 Å². The van der Waals surface area contributed by atoms with E-state index in [4.69, 9.17) is 0 Å². The first-order valence-electron chi connectivity index (χ1n) is 4.91. The van der Waals surface area contributed by atoms with Crippen LogP contribution >= 0.6 is 0 Å². The number of carbonyl (C=O) groups is 1. The molecule has 0 aliphatic carbocycles. The molecule has 1 aromatic rings. The summed E-state index contributed by atoms with van der Waals surface area (Å²) >= 11 is 0. The van der Waals surface area contributed by atoms with E-state index < -0.39 is 0 Å². The van der Waals surface area contributed by atoms with Gasteiger partial charge in [0.15, 0.2) is 0 Å². The van der Waals surface area contributed by atoms with Gasteiger partial charge in [-0.2, -0.15) is 0 Å². The molecule has 0 bridgehead atoms. The van der Waals surface area contributed by atoms with E-state index in [0.717, 1.165) is 19.5 Å². The molecule has 1 fully saturated rings. The van der Waals surface area contributed by atoms with Crippen molar-refractivity contribution in [1.29, 1.82) is 0 Å². The normalized spacial score (nSPS) is 21.7. The zero-order chi connectivity index (χ0) is 9.80. The van der Waals surface area contributed by atoms with Gasteiger partial charge in [-0.05, 0) is 12.0 Å². The second kappa shape index (κ2) is 4.24. The molecule has 0 saturated carbocycles. The molecule has 2 N–H and O–H groups in total. The zero-order valence-electron chi connectivity index (χ0n) is 7.99. The molecule has 1 heterocycles. The Labute approximate surface area is 83.5 Å². The highest BCUT2D eigenvalue weighted by Gasteiger charge is 2.20. The first-order chi connectivity index (χ1) is 6.86. The number of amides is 1. The number of hydrogen-bond donors (Lipinski definition) is 2. The van der Waals surface area contributed by atoms with Crippen molar-refractivity contribution < 1.29 is 4.79 Å². The Bertz CT molecular complexity index is 310. The Kier molecular flexibility index (Phi) is 2.79. The monoisotopic (exact) mass is 190 g/mol. The summed E-state index contributed by atoms with van der Waals surface area (Å²) in [5, 5.41) is 6.06. The molecule has 14 heavy (non-hydrogen) atoms. The number of hydrogen-bond acceptors (Lipinski definition) is 2. The van der Waals surface area contributed by atoms with Gasteiger partial charge in [0.25, 0.3) is 0 Å². The van der Waals surface area contributed by atoms with Crippen molar-refractivity contribution in [3.8, 4) is 0 Å². The predicted octanol–water partition coefficient (Wildman–Crippen LogP) is 0.317. The molecule has 1 amide bonds. The number of benzene rings is 1. The molecule has 0 aromatic heterocycles. The van der Waals surface area contributed by atoms with Crippen molar-refractivity contribution >= 4 is 5.91 Å². The molecule has 1 atom stereocenters. The van der Waals surface area contributed by atoms with E-state index in [0.29, 0.717) is 0 Å². The minimum Gasteiger partial charge on any atom is -0.353 e. The molecule has 1 saturated heterocycles. The Morgan fingerprint density at radius 1 is 1.21 bits per heavy atom. The van der Waals surface area contributed by atoms with Crippen molar-refractivity contribution in [1.82, 2.24) is 10.6 Å². The SMILES string of the molecule is O=C1NCCN[C@@H]1Cc1ccccc1. The molecule has 74 valence electrons. The van der Waals surface area contributed by atoms with Crippen molar-refractivity contribution in [3.05, 3.63) is 35.9 Å². The van der Waals surface area contributed by atoms with E-state index in [1.165, 1.54) is 5.56 Å². The molecule has 0 radical (unpaired) electrons. The summed E-state index contributed by atoms with van der Waals surface area (Å²) in [4.78, 5) is 11.4. The van der Waals surface area contributed by atoms with Gasteiger partial charge in [-0.3, -0.25) is 4.79 Å². The molecule has 3 nitrogen and oxygen atoms in total. The van der Waals surface area contributed by atoms with Crippen molar-refractivity contribution in [2.45, 2.75) is 12.5 Å². The van der Waals surface area contributed by atoms with Crippen LogP contribution in [0.5, 0.6) is 0 Å². The van der Waals surface area contributed by atoms with E-state index in [-0.39, 0.29) is 11.9 Å². The van der Waals surface area contributed by atoms with Gasteiger partial charge in [-0.15, -0.1) is 0 Å². The van der Waals surface area contributed by atoms with Crippen LogP contribution in [0.4, 0.5) is 0 Å². The van der Waals surface area contributed by atoms with Gasteiger partial charge in [-0.25, -0.2) is 0 Å². The van der Waals surface area contributed by atoms with Crippen LogP contribution in [-0.2, 0) is 11.2 Å². The lowest BCUT2D eigenvalue weighted by atomic mass is 10.0. The first-order valence-corrected chi connectivity index (χ1v) is 4.91. The summed E-state index contributed by atoms with van der Waals surface area (Å²) in [6, 6.07) is 10.0. The fraction of sp³-hybridized carbons (Fsp3) is 0.364. The van der Waals surface area contributed by atoms with E-state index in [9.17, 15) is 4.79 Å². The van der Waals surface area contributed by atoms with Crippen molar-refractivity contribution in [3.63, 3.8) is 0 Å². The van der Waals surface area contributed by atoms with E-state index in [1.54, 1.807) is 0 Å². The van der Waals surface area contributed by atoms with Gasteiger partial charge in [0.1, 0.15) is 0 Å². The quantitative estimate of drug-likeness (QED) is 0.705. The molecule has 0 unspecified atom stereocenters. The van der Waals surface area contributed by atoms with Crippen LogP contribution in [0.3, 0.4) is 0 Å². The average molecular weight is 190 g/mol. The lowest BCUT2D eigenvalue weighted by Gasteiger charge is -2.23. The molecule has 1 aliphatic heterocycles. The fourth-order valence-electron chi connectivity index (χ4n) is 1.66. The number of carbonyl (C=O) groups excluding carboxylic acids is 1. The molecule has 3 heteroatoms. The van der Waals surface area contributed by atoms with Crippen LogP contribution in [-0.4, -0.2) is 25.0 Å². The highest BCUT2D eigenvalue weighted by atomic mass is 16.2. The van der Waals surface area contributed by atoms with E-state index >= 15 is 0 Å². The molecular weight excluding hydrogens is 176 g/mol. The Balaban J connectivity index is 2.00. The first kappa shape index (κ1) is 9.21. The summed E-state index contributed by atoms with van der Waals surface area (Å²) in [7, 11) is 0. The van der Waals surface area contributed by atoms with E-state index in [2.05, 4.69) is 10.6 Å². The lowest BCUT2D eigenvalue weighted by molar-refractivity contribution is -0.124. The van der Waals surface area contributed by atoms with Crippen LogP contribution in [0.15, 0.2) is 30.3 Å². The largest absolute Gasteiger partial charge is 0.353 e. The van der Waals surface area contributed by atoms with E-state index in [1.807, 2.05) is 30.3 Å². The molecular formula is C11H14N2O. The van der Waals surface area contributed by atoms with Gasteiger partial charge in [-0.1, -0.05) is 30.3 Å². The van der Waals surface area contributed by atoms with Crippen LogP contribution in [0.2, 0.25) is 0 Å². The zero-order valence-corrected chi connectivity index (χ0v) is 7.99. The number of nitrogens with one attached hydrogen (secondary N) is 2. The molecule has 1 aromatic carbocycles. The molecule has 2 rings (SSSR count). The summed E-state index contributed by atoms with van der Waals surface area (Å²) < 4.78 is 0. The molecule has 0 spiro atoms. The maximum atomic E-state index is 11.4. The van der Waals surface area contributed by atoms with Crippen LogP contribution in [0.1, 0.15) is 5.56 Å². The third kappa shape index (κ3) is 2.12. The minimum absolute atomic E-state index is 0.0638. The van der Waals surface area contributed by atoms with Gasteiger partial charge in [0.05, 0.1) is 6.04 Å². The third-order valence-electron chi connectivity index (χ3n) is 2.41. The fourth-order valence-corrected chi connectivity index (χ4v) is 1.66. The minimum atomic E-state index is -0.0638. The van der Waals surface area contributed by atoms with Crippen LogP contribution in [0, 0.1) is 0 Å². The van der Waals surface area contributed by atoms with Crippen molar-refractivity contribution in [2.24, 2.45) is 0 Å². The van der Waals surface area contributed by atoms with Gasteiger partial charge in [0, 0.05) is 13.1 Å². The summed E-state index contributed by atoms with van der Waals surface area (Å²) in [5.74, 6) is 0.111. The highest BCUT2D eigenvalue weighted by Crippen LogP contribution is 2.04. The van der Waals surface area contributed by atoms with Crippen molar-refractivity contribution in [2.75, 3.05) is 13.1 Å². The maximum Gasteiger partial charge on any atom is 0.237 e. The lowest BCUT2D eigenvalue weighted by Crippen LogP contribution is -2.53. The number of rotatable bonds is 2. The van der Waals surface area contributed by atoms with Gasteiger partial charge < -0.3 is 10.6 Å². The van der Waals surface area contributed by atoms with Gasteiger partial charge >= 0.3 is 0 Å². The summed E-state index contributed by atoms with van der Waals surface area (Å²) in [5.41, 5.74) is 1.20. The van der Waals surface area contributed by atoms with Crippen LogP contribution < -0.4 is 10.6 Å². The molecule has 1 aliphatic rings. The van der Waals surface area contributed by atoms with Gasteiger partial charge in [0.2, 0.25) is 5.91 Å². The Morgan fingerprint density at radius 3 is 2.71 bits per heavy atom. The highest BCUT2D eigenvalue weighted by molar-refractivity contribution is 5.82.